The highest BCUT2D eigenvalue weighted by molar-refractivity contribution is 5.95. The molecule has 0 radical (unpaired) electrons. The molecule has 18 heavy (non-hydrogen) atoms. The average molecular weight is 248 g/mol. The standard InChI is InChI=1S/C12H9FN2O3/c1-15-11(16)10(12(17)18)9(6-14-15)7-2-4-8(13)5-3-7/h2-6H,1H3,(H,17,18). The molecule has 0 aliphatic heterocycles. The fraction of sp³-hybridized carbons (Fsp3) is 0.0833. The Bertz CT molecular complexity index is 662. The van der Waals surface area contributed by atoms with Crippen LogP contribution in [0.15, 0.2) is 35.3 Å². The zero-order valence-electron chi connectivity index (χ0n) is 9.42. The van der Waals surface area contributed by atoms with Gasteiger partial charge in [0.25, 0.3) is 5.56 Å². The van der Waals surface area contributed by atoms with Gasteiger partial charge in [0, 0.05) is 12.6 Å². The number of rotatable bonds is 2. The fourth-order valence-electron chi connectivity index (χ4n) is 1.59. The van der Waals surface area contributed by atoms with E-state index in [9.17, 15) is 14.0 Å². The number of hydrogen-bond donors (Lipinski definition) is 1. The second-order valence-electron chi connectivity index (χ2n) is 3.67. The first-order valence-electron chi connectivity index (χ1n) is 5.06. The number of halogens is 1. The molecule has 0 amide bonds. The average Bonchev–Trinajstić information content (AvgIpc) is 2.33. The Labute approximate surface area is 101 Å². The van der Waals surface area contributed by atoms with Crippen molar-refractivity contribution in [1.82, 2.24) is 9.78 Å². The van der Waals surface area contributed by atoms with Crippen molar-refractivity contribution >= 4 is 5.97 Å². The number of hydrogen-bond acceptors (Lipinski definition) is 3. The van der Waals surface area contributed by atoms with E-state index >= 15 is 0 Å². The Morgan fingerprint density at radius 1 is 1.33 bits per heavy atom. The minimum absolute atomic E-state index is 0.172. The van der Waals surface area contributed by atoms with Crippen LogP contribution >= 0.6 is 0 Å². The zero-order chi connectivity index (χ0) is 13.3. The normalized spacial score (nSPS) is 10.3. The van der Waals surface area contributed by atoms with E-state index in [-0.39, 0.29) is 11.1 Å². The van der Waals surface area contributed by atoms with Crippen LogP contribution in [0.4, 0.5) is 4.39 Å². The van der Waals surface area contributed by atoms with Crippen molar-refractivity contribution in [3.05, 3.63) is 52.2 Å². The molecular weight excluding hydrogens is 239 g/mol. The Morgan fingerprint density at radius 2 is 1.94 bits per heavy atom. The van der Waals surface area contributed by atoms with Gasteiger partial charge in [0.15, 0.2) is 0 Å². The number of nitrogens with zero attached hydrogens (tertiary/aromatic N) is 2. The lowest BCUT2D eigenvalue weighted by Crippen LogP contribution is -2.27. The van der Waals surface area contributed by atoms with Crippen LogP contribution in [0.5, 0.6) is 0 Å². The van der Waals surface area contributed by atoms with E-state index in [0.29, 0.717) is 5.56 Å². The van der Waals surface area contributed by atoms with Crippen molar-refractivity contribution in [2.24, 2.45) is 7.05 Å². The van der Waals surface area contributed by atoms with Crippen LogP contribution in [0.2, 0.25) is 0 Å². The molecule has 0 spiro atoms. The van der Waals surface area contributed by atoms with Gasteiger partial charge in [-0.15, -0.1) is 0 Å². The van der Waals surface area contributed by atoms with Gasteiger partial charge in [-0.25, -0.2) is 13.9 Å². The van der Waals surface area contributed by atoms with E-state index in [2.05, 4.69) is 5.10 Å². The number of aromatic carboxylic acids is 1. The molecule has 0 aliphatic carbocycles. The van der Waals surface area contributed by atoms with E-state index in [1.807, 2.05) is 0 Å². The van der Waals surface area contributed by atoms with E-state index in [1.165, 1.54) is 37.5 Å². The smallest absolute Gasteiger partial charge is 0.342 e. The van der Waals surface area contributed by atoms with Gasteiger partial charge in [-0.3, -0.25) is 4.79 Å². The van der Waals surface area contributed by atoms with Crippen LogP contribution < -0.4 is 5.56 Å². The van der Waals surface area contributed by atoms with Crippen molar-refractivity contribution in [3.8, 4) is 11.1 Å². The van der Waals surface area contributed by atoms with E-state index in [1.54, 1.807) is 0 Å². The van der Waals surface area contributed by atoms with E-state index in [4.69, 9.17) is 5.11 Å². The number of benzene rings is 1. The molecule has 92 valence electrons. The minimum atomic E-state index is -1.34. The molecule has 1 aromatic heterocycles. The molecule has 2 rings (SSSR count). The maximum Gasteiger partial charge on any atom is 0.342 e. The van der Waals surface area contributed by atoms with Gasteiger partial charge < -0.3 is 5.11 Å². The summed E-state index contributed by atoms with van der Waals surface area (Å²) in [5.74, 6) is -1.77. The van der Waals surface area contributed by atoms with Crippen LogP contribution in [-0.2, 0) is 7.05 Å². The van der Waals surface area contributed by atoms with Gasteiger partial charge in [0.1, 0.15) is 11.4 Å². The van der Waals surface area contributed by atoms with Gasteiger partial charge >= 0.3 is 5.97 Å². The summed E-state index contributed by atoms with van der Waals surface area (Å²) in [6.07, 6.45) is 1.28. The van der Waals surface area contributed by atoms with Crippen molar-refractivity contribution < 1.29 is 14.3 Å². The molecule has 1 aromatic carbocycles. The van der Waals surface area contributed by atoms with Crippen LogP contribution in [0.3, 0.4) is 0 Å². The number of aromatic nitrogens is 2. The van der Waals surface area contributed by atoms with Crippen LogP contribution in [0.1, 0.15) is 10.4 Å². The Balaban J connectivity index is 2.72. The number of carbonyl (C=O) groups is 1. The largest absolute Gasteiger partial charge is 0.477 e. The Hall–Kier alpha value is -2.50. The summed E-state index contributed by atoms with van der Waals surface area (Å²) >= 11 is 0. The monoisotopic (exact) mass is 248 g/mol. The quantitative estimate of drug-likeness (QED) is 0.869. The summed E-state index contributed by atoms with van der Waals surface area (Å²) in [6, 6.07) is 5.19. The third-order valence-electron chi connectivity index (χ3n) is 2.51. The highest BCUT2D eigenvalue weighted by Crippen LogP contribution is 2.20. The van der Waals surface area contributed by atoms with Crippen molar-refractivity contribution in [2.75, 3.05) is 0 Å². The van der Waals surface area contributed by atoms with Crippen LogP contribution in [-0.4, -0.2) is 20.9 Å². The molecule has 2 aromatic rings. The Kier molecular flexibility index (Phi) is 2.93. The third-order valence-corrected chi connectivity index (χ3v) is 2.51. The predicted molar refractivity (Wildman–Crippen MR) is 61.8 cm³/mol. The molecular formula is C12H9FN2O3. The molecule has 0 saturated heterocycles. The van der Waals surface area contributed by atoms with Crippen LogP contribution in [0.25, 0.3) is 11.1 Å². The number of carboxylic acid groups (broad SMARTS) is 1. The number of aryl methyl sites for hydroxylation is 1. The van der Waals surface area contributed by atoms with Gasteiger partial charge in [-0.05, 0) is 17.7 Å². The maximum absolute atomic E-state index is 12.8. The summed E-state index contributed by atoms with van der Waals surface area (Å²) < 4.78 is 13.7. The summed E-state index contributed by atoms with van der Waals surface area (Å²) in [5, 5.41) is 12.8. The van der Waals surface area contributed by atoms with Crippen molar-refractivity contribution in [3.63, 3.8) is 0 Å². The third kappa shape index (κ3) is 2.00. The van der Waals surface area contributed by atoms with Gasteiger partial charge in [0.05, 0.1) is 6.20 Å². The first-order valence-corrected chi connectivity index (χ1v) is 5.06. The van der Waals surface area contributed by atoms with Gasteiger partial charge in [-0.1, -0.05) is 12.1 Å². The maximum atomic E-state index is 12.8. The van der Waals surface area contributed by atoms with E-state index < -0.39 is 17.3 Å². The summed E-state index contributed by atoms with van der Waals surface area (Å²) in [7, 11) is 1.36. The molecule has 6 heteroatoms. The topological polar surface area (TPSA) is 72.2 Å². The summed E-state index contributed by atoms with van der Waals surface area (Å²) in [5.41, 5.74) is -0.479. The lowest BCUT2D eigenvalue weighted by atomic mass is 10.0. The zero-order valence-corrected chi connectivity index (χ0v) is 9.42. The van der Waals surface area contributed by atoms with Crippen molar-refractivity contribution in [1.29, 1.82) is 0 Å². The summed E-state index contributed by atoms with van der Waals surface area (Å²) in [6.45, 7) is 0. The molecule has 1 N–H and O–H groups in total. The molecule has 0 saturated carbocycles. The highest BCUT2D eigenvalue weighted by Gasteiger charge is 2.18. The first kappa shape index (κ1) is 12.0. The van der Waals surface area contributed by atoms with Gasteiger partial charge in [-0.2, -0.15) is 5.10 Å². The van der Waals surface area contributed by atoms with E-state index in [0.717, 1.165) is 4.68 Å². The molecule has 5 nitrogen and oxygen atoms in total. The molecule has 0 unspecified atom stereocenters. The lowest BCUT2D eigenvalue weighted by molar-refractivity contribution is 0.0694. The number of carboxylic acids is 1. The molecule has 0 fully saturated rings. The summed E-state index contributed by atoms with van der Waals surface area (Å²) in [4.78, 5) is 22.8. The minimum Gasteiger partial charge on any atom is -0.477 e. The molecule has 1 heterocycles. The van der Waals surface area contributed by atoms with Gasteiger partial charge in [0.2, 0.25) is 0 Å². The molecule has 0 aliphatic rings. The first-order chi connectivity index (χ1) is 8.50. The van der Waals surface area contributed by atoms with Crippen molar-refractivity contribution in [2.45, 2.75) is 0 Å². The Morgan fingerprint density at radius 3 is 2.50 bits per heavy atom. The SMILES string of the molecule is Cn1ncc(-c2ccc(F)cc2)c(C(=O)O)c1=O. The molecule has 0 atom stereocenters. The highest BCUT2D eigenvalue weighted by atomic mass is 19.1. The predicted octanol–water partition coefficient (Wildman–Crippen LogP) is 1.28. The lowest BCUT2D eigenvalue weighted by Gasteiger charge is -2.06. The molecule has 0 bridgehead atoms. The second kappa shape index (κ2) is 4.40. The second-order valence-corrected chi connectivity index (χ2v) is 3.67. The fourth-order valence-corrected chi connectivity index (χ4v) is 1.59. The van der Waals surface area contributed by atoms with Crippen LogP contribution in [0, 0.1) is 5.82 Å².